The standard InChI is InChI=1S/C20H24BrN3O3/c1-4-27-20(25)24-18-11-9-16(23-17(18)10-12-19(24)26-3)13(2)22-15-7-5-14(21)6-8-15/h5-9,11,13,19,22H,4,10,12H2,1-3H3. The average molecular weight is 434 g/mol. The van der Waals surface area contributed by atoms with E-state index in [1.54, 1.807) is 18.9 Å². The first kappa shape index (κ1) is 19.6. The van der Waals surface area contributed by atoms with Crippen molar-refractivity contribution >= 4 is 33.4 Å². The second-order valence-corrected chi connectivity index (χ2v) is 7.29. The van der Waals surface area contributed by atoms with Crippen molar-refractivity contribution < 1.29 is 14.3 Å². The van der Waals surface area contributed by atoms with Gasteiger partial charge in [-0.25, -0.2) is 9.69 Å². The van der Waals surface area contributed by atoms with Crippen molar-refractivity contribution in [3.8, 4) is 0 Å². The number of aryl methyl sites for hydroxylation is 1. The molecule has 2 heterocycles. The van der Waals surface area contributed by atoms with Gasteiger partial charge in [0.05, 0.1) is 29.7 Å². The molecule has 0 spiro atoms. The number of nitrogens with zero attached hydrogens (tertiary/aromatic N) is 2. The number of nitrogens with one attached hydrogen (secondary N) is 1. The van der Waals surface area contributed by atoms with Crippen molar-refractivity contribution in [2.75, 3.05) is 23.9 Å². The fourth-order valence-corrected chi connectivity index (χ4v) is 3.47. The summed E-state index contributed by atoms with van der Waals surface area (Å²) in [5.41, 5.74) is 3.60. The van der Waals surface area contributed by atoms with E-state index in [0.717, 1.165) is 33.7 Å². The molecule has 2 aromatic rings. The first-order chi connectivity index (χ1) is 13.0. The lowest BCUT2D eigenvalue weighted by molar-refractivity contribution is 0.0766. The summed E-state index contributed by atoms with van der Waals surface area (Å²) in [6.45, 7) is 4.18. The summed E-state index contributed by atoms with van der Waals surface area (Å²) in [6.07, 6.45) is 0.707. The Balaban J connectivity index is 1.83. The van der Waals surface area contributed by atoms with E-state index in [2.05, 4.69) is 28.2 Å². The Labute approximate surface area is 168 Å². The van der Waals surface area contributed by atoms with Gasteiger partial charge in [0, 0.05) is 17.3 Å². The molecule has 1 amide bonds. The van der Waals surface area contributed by atoms with E-state index >= 15 is 0 Å². The van der Waals surface area contributed by atoms with Gasteiger partial charge in [-0.15, -0.1) is 0 Å². The Morgan fingerprint density at radius 2 is 2.07 bits per heavy atom. The summed E-state index contributed by atoms with van der Waals surface area (Å²) in [7, 11) is 1.61. The molecule has 0 bridgehead atoms. The number of hydrogen-bond donors (Lipinski definition) is 1. The smallest absolute Gasteiger partial charge is 0.416 e. The molecule has 144 valence electrons. The number of fused-ring (bicyclic) bond motifs is 1. The van der Waals surface area contributed by atoms with Crippen LogP contribution in [0, 0.1) is 0 Å². The molecule has 1 N–H and O–H groups in total. The molecular weight excluding hydrogens is 410 g/mol. The molecule has 0 saturated carbocycles. The molecule has 6 nitrogen and oxygen atoms in total. The Morgan fingerprint density at radius 3 is 2.74 bits per heavy atom. The number of amides is 1. The van der Waals surface area contributed by atoms with Crippen LogP contribution in [0.25, 0.3) is 0 Å². The van der Waals surface area contributed by atoms with Crippen LogP contribution in [-0.4, -0.2) is 31.0 Å². The summed E-state index contributed by atoms with van der Waals surface area (Å²) in [5, 5.41) is 3.45. The molecule has 1 aromatic heterocycles. The second kappa shape index (κ2) is 8.71. The summed E-state index contributed by atoms with van der Waals surface area (Å²) in [6, 6.07) is 11.9. The number of benzene rings is 1. The Morgan fingerprint density at radius 1 is 1.33 bits per heavy atom. The molecular formula is C20H24BrN3O3. The number of halogens is 1. The highest BCUT2D eigenvalue weighted by Gasteiger charge is 2.33. The van der Waals surface area contributed by atoms with Crippen molar-refractivity contribution in [1.29, 1.82) is 0 Å². The quantitative estimate of drug-likeness (QED) is 0.726. The van der Waals surface area contributed by atoms with Crippen LogP contribution in [0.1, 0.15) is 37.7 Å². The van der Waals surface area contributed by atoms with Crippen LogP contribution in [0.4, 0.5) is 16.2 Å². The monoisotopic (exact) mass is 433 g/mol. The number of rotatable bonds is 5. The average Bonchev–Trinajstić information content (AvgIpc) is 2.68. The van der Waals surface area contributed by atoms with Gasteiger partial charge in [0.25, 0.3) is 0 Å². The van der Waals surface area contributed by atoms with Crippen molar-refractivity contribution in [3.63, 3.8) is 0 Å². The zero-order chi connectivity index (χ0) is 19.4. The predicted octanol–water partition coefficient (Wildman–Crippen LogP) is 4.90. The van der Waals surface area contributed by atoms with Crippen LogP contribution >= 0.6 is 15.9 Å². The van der Waals surface area contributed by atoms with Crippen LogP contribution in [0.3, 0.4) is 0 Å². The maximum Gasteiger partial charge on any atom is 0.416 e. The van der Waals surface area contributed by atoms with E-state index < -0.39 is 6.09 Å². The van der Waals surface area contributed by atoms with Gasteiger partial charge < -0.3 is 14.8 Å². The number of pyridine rings is 1. The van der Waals surface area contributed by atoms with Gasteiger partial charge in [0.1, 0.15) is 6.23 Å². The van der Waals surface area contributed by atoms with Crippen LogP contribution < -0.4 is 10.2 Å². The van der Waals surface area contributed by atoms with E-state index in [1.165, 1.54) is 0 Å². The first-order valence-electron chi connectivity index (χ1n) is 9.04. The highest BCUT2D eigenvalue weighted by molar-refractivity contribution is 9.10. The minimum absolute atomic E-state index is 0.0349. The lowest BCUT2D eigenvalue weighted by Gasteiger charge is -2.35. The SMILES string of the molecule is CCOC(=O)N1c2ccc(C(C)Nc3ccc(Br)cc3)nc2CCC1OC. The number of carbonyl (C=O) groups is 1. The third kappa shape index (κ3) is 4.42. The Hall–Kier alpha value is -2.12. The number of ether oxygens (including phenoxy) is 2. The lowest BCUT2D eigenvalue weighted by atomic mass is 10.0. The van der Waals surface area contributed by atoms with Gasteiger partial charge >= 0.3 is 6.09 Å². The van der Waals surface area contributed by atoms with Crippen molar-refractivity contribution in [2.24, 2.45) is 0 Å². The number of carbonyl (C=O) groups excluding carboxylic acids is 1. The van der Waals surface area contributed by atoms with Crippen LogP contribution in [0.5, 0.6) is 0 Å². The maximum atomic E-state index is 12.4. The van der Waals surface area contributed by atoms with Crippen molar-refractivity contribution in [2.45, 2.75) is 39.0 Å². The number of aromatic nitrogens is 1. The molecule has 1 aliphatic heterocycles. The molecule has 3 rings (SSSR count). The van der Waals surface area contributed by atoms with Gasteiger partial charge in [-0.3, -0.25) is 4.98 Å². The van der Waals surface area contributed by atoms with E-state index in [9.17, 15) is 4.79 Å². The summed E-state index contributed by atoms with van der Waals surface area (Å²) < 4.78 is 11.7. The van der Waals surface area contributed by atoms with Gasteiger partial charge in [-0.05, 0) is 63.1 Å². The molecule has 1 aromatic carbocycles. The minimum Gasteiger partial charge on any atom is -0.449 e. The molecule has 7 heteroatoms. The highest BCUT2D eigenvalue weighted by Crippen LogP contribution is 2.32. The Bertz CT molecular complexity index is 798. The van der Waals surface area contributed by atoms with Gasteiger partial charge in [0.15, 0.2) is 0 Å². The largest absolute Gasteiger partial charge is 0.449 e. The third-order valence-electron chi connectivity index (χ3n) is 4.55. The molecule has 2 atom stereocenters. The summed E-state index contributed by atoms with van der Waals surface area (Å²) in [4.78, 5) is 18.8. The fraction of sp³-hybridized carbons (Fsp3) is 0.400. The van der Waals surface area contributed by atoms with Crippen LogP contribution in [0.15, 0.2) is 40.9 Å². The first-order valence-corrected chi connectivity index (χ1v) is 9.83. The van der Waals surface area contributed by atoms with Crippen LogP contribution in [-0.2, 0) is 15.9 Å². The van der Waals surface area contributed by atoms with Gasteiger partial charge in [-0.2, -0.15) is 0 Å². The van der Waals surface area contributed by atoms with Crippen LogP contribution in [0.2, 0.25) is 0 Å². The molecule has 0 saturated heterocycles. The van der Waals surface area contributed by atoms with Crippen molar-refractivity contribution in [1.82, 2.24) is 4.98 Å². The predicted molar refractivity (Wildman–Crippen MR) is 109 cm³/mol. The van der Waals surface area contributed by atoms with E-state index in [-0.39, 0.29) is 12.3 Å². The zero-order valence-electron chi connectivity index (χ0n) is 15.7. The van der Waals surface area contributed by atoms with E-state index in [1.807, 2.05) is 36.4 Å². The Kier molecular flexibility index (Phi) is 6.34. The molecule has 0 radical (unpaired) electrons. The summed E-state index contributed by atoms with van der Waals surface area (Å²) >= 11 is 3.44. The fourth-order valence-electron chi connectivity index (χ4n) is 3.20. The maximum absolute atomic E-state index is 12.4. The zero-order valence-corrected chi connectivity index (χ0v) is 17.3. The van der Waals surface area contributed by atoms with Crippen molar-refractivity contribution in [3.05, 3.63) is 52.3 Å². The van der Waals surface area contributed by atoms with E-state index in [4.69, 9.17) is 14.5 Å². The lowest BCUT2D eigenvalue weighted by Crippen LogP contribution is -2.45. The number of hydrogen-bond acceptors (Lipinski definition) is 5. The molecule has 27 heavy (non-hydrogen) atoms. The molecule has 1 aliphatic rings. The minimum atomic E-state index is -0.402. The molecule has 0 fully saturated rings. The third-order valence-corrected chi connectivity index (χ3v) is 5.08. The number of methoxy groups -OCH3 is 1. The number of anilines is 2. The summed E-state index contributed by atoms with van der Waals surface area (Å²) in [5.74, 6) is 0. The highest BCUT2D eigenvalue weighted by atomic mass is 79.9. The normalized spacial score (nSPS) is 17.2. The van der Waals surface area contributed by atoms with Gasteiger partial charge in [0.2, 0.25) is 0 Å². The second-order valence-electron chi connectivity index (χ2n) is 6.37. The van der Waals surface area contributed by atoms with E-state index in [0.29, 0.717) is 13.0 Å². The topological polar surface area (TPSA) is 63.7 Å². The van der Waals surface area contributed by atoms with Gasteiger partial charge in [-0.1, -0.05) is 15.9 Å². The molecule has 2 unspecified atom stereocenters. The molecule has 0 aliphatic carbocycles.